The van der Waals surface area contributed by atoms with Crippen LogP contribution in [0.25, 0.3) is 0 Å². The van der Waals surface area contributed by atoms with Crippen LogP contribution in [0.2, 0.25) is 0 Å². The molecule has 0 amide bonds. The number of aryl methyl sites for hydroxylation is 1. The smallest absolute Gasteiger partial charge is 0.0970 e. The van der Waals surface area contributed by atoms with Crippen LogP contribution in [0.3, 0.4) is 0 Å². The first-order valence-electron chi connectivity index (χ1n) is 5.38. The molecule has 0 aliphatic rings. The van der Waals surface area contributed by atoms with Crippen LogP contribution in [-0.4, -0.2) is 16.1 Å². The molecule has 0 saturated heterocycles. The molecule has 1 N–H and O–H groups in total. The second-order valence-corrected chi connectivity index (χ2v) is 4.29. The molecule has 2 rings (SSSR count). The molecule has 16 heavy (non-hydrogen) atoms. The Labute approximate surface area is 99.7 Å². The quantitative estimate of drug-likeness (QED) is 0.882. The molecule has 1 heterocycles. The number of nitrogens with zero attached hydrogens (tertiary/aromatic N) is 2. The Morgan fingerprint density at radius 2 is 2.19 bits per heavy atom. The monoisotopic (exact) mass is 233 g/mol. The van der Waals surface area contributed by atoms with Crippen molar-refractivity contribution in [3.63, 3.8) is 0 Å². The molecule has 1 aromatic heterocycles. The zero-order valence-corrected chi connectivity index (χ0v) is 10.3. The van der Waals surface area contributed by atoms with Crippen molar-refractivity contribution < 1.29 is 0 Å². The summed E-state index contributed by atoms with van der Waals surface area (Å²) in [4.78, 5) is 0. The molecule has 0 bridgehead atoms. The van der Waals surface area contributed by atoms with Crippen molar-refractivity contribution >= 4 is 11.5 Å². The van der Waals surface area contributed by atoms with Gasteiger partial charge in [-0.25, -0.2) is 0 Å². The minimum Gasteiger partial charge on any atom is -0.305 e. The Morgan fingerprint density at radius 3 is 2.81 bits per heavy atom. The van der Waals surface area contributed by atoms with Gasteiger partial charge in [-0.1, -0.05) is 35.7 Å². The van der Waals surface area contributed by atoms with Gasteiger partial charge >= 0.3 is 0 Å². The van der Waals surface area contributed by atoms with Crippen LogP contribution < -0.4 is 5.32 Å². The molecule has 1 unspecified atom stereocenters. The molecule has 0 radical (unpaired) electrons. The molecule has 0 fully saturated rings. The van der Waals surface area contributed by atoms with E-state index >= 15 is 0 Å². The van der Waals surface area contributed by atoms with E-state index in [0.717, 1.165) is 12.2 Å². The van der Waals surface area contributed by atoms with Crippen molar-refractivity contribution in [1.29, 1.82) is 0 Å². The number of hydrogen-bond donors (Lipinski definition) is 1. The zero-order valence-electron chi connectivity index (χ0n) is 9.47. The van der Waals surface area contributed by atoms with E-state index in [1.165, 1.54) is 22.7 Å². The average molecular weight is 233 g/mol. The van der Waals surface area contributed by atoms with Gasteiger partial charge in [0.15, 0.2) is 0 Å². The van der Waals surface area contributed by atoms with Crippen molar-refractivity contribution in [3.8, 4) is 0 Å². The average Bonchev–Trinajstić information content (AvgIpc) is 2.80. The fourth-order valence-electron chi connectivity index (χ4n) is 1.79. The van der Waals surface area contributed by atoms with Crippen LogP contribution >= 0.6 is 11.5 Å². The number of benzene rings is 1. The molecular weight excluding hydrogens is 218 g/mol. The van der Waals surface area contributed by atoms with Crippen LogP contribution in [0.4, 0.5) is 0 Å². The number of rotatable bonds is 4. The number of hydrogen-bond acceptors (Lipinski definition) is 4. The molecule has 0 saturated carbocycles. The predicted molar refractivity (Wildman–Crippen MR) is 66.6 cm³/mol. The van der Waals surface area contributed by atoms with Crippen LogP contribution in [0.1, 0.15) is 29.8 Å². The zero-order chi connectivity index (χ0) is 11.4. The van der Waals surface area contributed by atoms with Crippen LogP contribution in [0.5, 0.6) is 0 Å². The van der Waals surface area contributed by atoms with Gasteiger partial charge in [0.1, 0.15) is 0 Å². The topological polar surface area (TPSA) is 37.8 Å². The lowest BCUT2D eigenvalue weighted by Crippen LogP contribution is -2.23. The summed E-state index contributed by atoms with van der Waals surface area (Å²) >= 11 is 1.39. The highest BCUT2D eigenvalue weighted by molar-refractivity contribution is 7.03. The van der Waals surface area contributed by atoms with Gasteiger partial charge in [0.2, 0.25) is 0 Å². The normalized spacial score (nSPS) is 12.6. The lowest BCUT2D eigenvalue weighted by Gasteiger charge is -2.17. The summed E-state index contributed by atoms with van der Waals surface area (Å²) in [5, 5.41) is 9.60. The summed E-state index contributed by atoms with van der Waals surface area (Å²) in [6, 6.07) is 8.54. The number of nitrogens with one attached hydrogen (secondary N) is 1. The van der Waals surface area contributed by atoms with Crippen LogP contribution in [-0.2, 0) is 0 Å². The van der Waals surface area contributed by atoms with Gasteiger partial charge in [-0.2, -0.15) is 0 Å². The third kappa shape index (κ3) is 2.28. The van der Waals surface area contributed by atoms with Crippen molar-refractivity contribution in [3.05, 3.63) is 46.5 Å². The van der Waals surface area contributed by atoms with Gasteiger partial charge in [-0.15, -0.1) is 5.10 Å². The van der Waals surface area contributed by atoms with Crippen molar-refractivity contribution in [2.24, 2.45) is 0 Å². The summed E-state index contributed by atoms with van der Waals surface area (Å²) in [5.74, 6) is 0. The highest BCUT2D eigenvalue weighted by atomic mass is 32.1. The molecule has 1 atom stereocenters. The largest absolute Gasteiger partial charge is 0.305 e. The van der Waals surface area contributed by atoms with Gasteiger partial charge < -0.3 is 5.32 Å². The van der Waals surface area contributed by atoms with Crippen LogP contribution in [0, 0.1) is 6.92 Å². The first kappa shape index (κ1) is 11.2. The fourth-order valence-corrected chi connectivity index (χ4v) is 2.27. The van der Waals surface area contributed by atoms with E-state index in [-0.39, 0.29) is 6.04 Å². The standard InChI is InChI=1S/C12H15N3S/c1-3-13-12(11-8-16-15-14-11)10-7-5-4-6-9(10)2/h4-8,12-13H,3H2,1-2H3. The Balaban J connectivity index is 2.37. The molecule has 3 nitrogen and oxygen atoms in total. The molecule has 0 aliphatic heterocycles. The first-order valence-corrected chi connectivity index (χ1v) is 6.22. The van der Waals surface area contributed by atoms with Crippen molar-refractivity contribution in [1.82, 2.24) is 14.9 Å². The lowest BCUT2D eigenvalue weighted by atomic mass is 9.99. The highest BCUT2D eigenvalue weighted by Crippen LogP contribution is 2.23. The maximum Gasteiger partial charge on any atom is 0.0970 e. The third-order valence-electron chi connectivity index (χ3n) is 2.58. The minimum atomic E-state index is 0.157. The second-order valence-electron chi connectivity index (χ2n) is 3.68. The summed E-state index contributed by atoms with van der Waals surface area (Å²) in [5.41, 5.74) is 3.56. The maximum atomic E-state index is 4.16. The van der Waals surface area contributed by atoms with Gasteiger partial charge in [0.05, 0.1) is 11.7 Å². The number of aromatic nitrogens is 2. The lowest BCUT2D eigenvalue weighted by molar-refractivity contribution is 0.611. The maximum absolute atomic E-state index is 4.16. The van der Waals surface area contributed by atoms with Crippen molar-refractivity contribution in [2.75, 3.05) is 6.54 Å². The Morgan fingerprint density at radius 1 is 1.38 bits per heavy atom. The molecule has 4 heteroatoms. The summed E-state index contributed by atoms with van der Waals surface area (Å²) in [7, 11) is 0. The fraction of sp³-hybridized carbons (Fsp3) is 0.333. The van der Waals surface area contributed by atoms with Gasteiger partial charge in [-0.3, -0.25) is 0 Å². The van der Waals surface area contributed by atoms with Gasteiger partial charge in [0.25, 0.3) is 0 Å². The van der Waals surface area contributed by atoms with E-state index in [9.17, 15) is 0 Å². The highest BCUT2D eigenvalue weighted by Gasteiger charge is 2.16. The van der Waals surface area contributed by atoms with Gasteiger partial charge in [0, 0.05) is 5.38 Å². The molecule has 0 spiro atoms. The Kier molecular flexibility index (Phi) is 3.64. The van der Waals surface area contributed by atoms with E-state index < -0.39 is 0 Å². The van der Waals surface area contributed by atoms with E-state index in [0.29, 0.717) is 0 Å². The first-order chi connectivity index (χ1) is 7.83. The molecule has 84 valence electrons. The second kappa shape index (κ2) is 5.18. The Hall–Kier alpha value is -1.26. The molecule has 2 aromatic rings. The SMILES string of the molecule is CCNC(c1csnn1)c1ccccc1C. The van der Waals surface area contributed by atoms with E-state index in [2.05, 4.69) is 53.0 Å². The molecular formula is C12H15N3S. The predicted octanol–water partition coefficient (Wildman–Crippen LogP) is 2.55. The molecule has 1 aromatic carbocycles. The third-order valence-corrected chi connectivity index (χ3v) is 3.10. The summed E-state index contributed by atoms with van der Waals surface area (Å²) in [6.45, 7) is 5.14. The van der Waals surface area contributed by atoms with E-state index in [4.69, 9.17) is 0 Å². The Bertz CT molecular complexity index is 439. The van der Waals surface area contributed by atoms with E-state index in [1.54, 1.807) is 0 Å². The molecule has 0 aliphatic carbocycles. The summed E-state index contributed by atoms with van der Waals surface area (Å²) < 4.78 is 3.93. The van der Waals surface area contributed by atoms with Gasteiger partial charge in [-0.05, 0) is 36.1 Å². The minimum absolute atomic E-state index is 0.157. The van der Waals surface area contributed by atoms with Crippen molar-refractivity contribution in [2.45, 2.75) is 19.9 Å². The van der Waals surface area contributed by atoms with Crippen LogP contribution in [0.15, 0.2) is 29.6 Å². The summed E-state index contributed by atoms with van der Waals surface area (Å²) in [6.07, 6.45) is 0. The van der Waals surface area contributed by atoms with E-state index in [1.807, 2.05) is 5.38 Å².